The molecular formula is C22H24N2O4. The molecule has 6 heteroatoms. The maximum Gasteiger partial charge on any atom is 0.278 e. The van der Waals surface area contributed by atoms with Gasteiger partial charge in [-0.05, 0) is 55.3 Å². The van der Waals surface area contributed by atoms with Gasteiger partial charge in [0.25, 0.3) is 11.8 Å². The van der Waals surface area contributed by atoms with Crippen LogP contribution >= 0.6 is 0 Å². The first kappa shape index (κ1) is 19.5. The molecule has 0 bridgehead atoms. The van der Waals surface area contributed by atoms with Gasteiger partial charge >= 0.3 is 0 Å². The lowest BCUT2D eigenvalue weighted by Gasteiger charge is -2.12. The van der Waals surface area contributed by atoms with Gasteiger partial charge in [-0.15, -0.1) is 0 Å². The minimum Gasteiger partial charge on any atom is -0.497 e. The molecule has 2 aromatic rings. The molecule has 1 heterocycles. The van der Waals surface area contributed by atoms with Crippen molar-refractivity contribution < 1.29 is 19.1 Å². The van der Waals surface area contributed by atoms with Crippen molar-refractivity contribution in [1.82, 2.24) is 4.90 Å². The normalized spacial score (nSPS) is 13.9. The van der Waals surface area contributed by atoms with E-state index in [1.165, 1.54) is 4.90 Å². The number of likely N-dealkylation sites (N-methyl/N-ethyl adjacent to an activating group) is 1. The molecule has 0 aliphatic carbocycles. The summed E-state index contributed by atoms with van der Waals surface area (Å²) in [5.74, 6) is 0.821. The fourth-order valence-electron chi connectivity index (χ4n) is 3.00. The highest BCUT2D eigenvalue weighted by Crippen LogP contribution is 2.31. The van der Waals surface area contributed by atoms with Gasteiger partial charge in [-0.1, -0.05) is 19.1 Å². The number of carbonyl (C=O) groups is 2. The van der Waals surface area contributed by atoms with E-state index in [0.717, 1.165) is 12.2 Å². The molecular weight excluding hydrogens is 356 g/mol. The van der Waals surface area contributed by atoms with Crippen LogP contribution in [0.5, 0.6) is 11.5 Å². The third-order valence-corrected chi connectivity index (χ3v) is 4.46. The van der Waals surface area contributed by atoms with Crippen molar-refractivity contribution in [3.05, 3.63) is 59.8 Å². The molecule has 0 aromatic heterocycles. The van der Waals surface area contributed by atoms with Crippen LogP contribution in [0.1, 0.15) is 25.8 Å². The molecule has 0 radical (unpaired) electrons. The Morgan fingerprint density at radius 2 is 1.54 bits per heavy atom. The number of ether oxygens (including phenoxy) is 2. The Kier molecular flexibility index (Phi) is 5.99. The van der Waals surface area contributed by atoms with E-state index in [1.807, 2.05) is 19.1 Å². The Hall–Kier alpha value is -3.28. The SMILES string of the molecule is CCCOc1ccc(C2=C(Nc3ccc(OC)cc3)C(=O)N(CC)C2=O)cc1. The van der Waals surface area contributed by atoms with Crippen LogP contribution in [0.4, 0.5) is 5.69 Å². The topological polar surface area (TPSA) is 67.9 Å². The number of nitrogens with one attached hydrogen (secondary N) is 1. The van der Waals surface area contributed by atoms with Gasteiger partial charge in [-0.25, -0.2) is 0 Å². The predicted molar refractivity (Wildman–Crippen MR) is 108 cm³/mol. The van der Waals surface area contributed by atoms with Crippen molar-refractivity contribution in [3.8, 4) is 11.5 Å². The Balaban J connectivity index is 1.95. The number of rotatable bonds is 8. The molecule has 0 fully saturated rings. The summed E-state index contributed by atoms with van der Waals surface area (Å²) in [4.78, 5) is 26.9. The summed E-state index contributed by atoms with van der Waals surface area (Å²) in [7, 11) is 1.59. The van der Waals surface area contributed by atoms with Crippen LogP contribution in [0.3, 0.4) is 0 Å². The molecule has 146 valence electrons. The van der Waals surface area contributed by atoms with E-state index in [9.17, 15) is 9.59 Å². The number of amides is 2. The Labute approximate surface area is 164 Å². The van der Waals surface area contributed by atoms with Gasteiger partial charge in [0.05, 0.1) is 19.3 Å². The maximum absolute atomic E-state index is 12.9. The zero-order valence-electron chi connectivity index (χ0n) is 16.3. The molecule has 0 saturated carbocycles. The van der Waals surface area contributed by atoms with Gasteiger partial charge < -0.3 is 14.8 Å². The second-order valence-electron chi connectivity index (χ2n) is 6.33. The average Bonchev–Trinajstić information content (AvgIpc) is 2.96. The molecule has 28 heavy (non-hydrogen) atoms. The summed E-state index contributed by atoms with van der Waals surface area (Å²) in [6, 6.07) is 14.4. The van der Waals surface area contributed by atoms with E-state index >= 15 is 0 Å². The Bertz CT molecular complexity index is 886. The highest BCUT2D eigenvalue weighted by Gasteiger charge is 2.38. The fourth-order valence-corrected chi connectivity index (χ4v) is 3.00. The molecule has 0 unspecified atom stereocenters. The van der Waals surface area contributed by atoms with E-state index in [2.05, 4.69) is 5.32 Å². The summed E-state index contributed by atoms with van der Waals surface area (Å²) in [5.41, 5.74) is 2.02. The molecule has 1 aliphatic rings. The first-order valence-corrected chi connectivity index (χ1v) is 9.33. The van der Waals surface area contributed by atoms with Crippen molar-refractivity contribution in [3.63, 3.8) is 0 Å². The summed E-state index contributed by atoms with van der Waals surface area (Å²) in [6.07, 6.45) is 0.918. The fraction of sp³-hybridized carbons (Fsp3) is 0.273. The van der Waals surface area contributed by atoms with Crippen LogP contribution in [0.25, 0.3) is 5.57 Å². The van der Waals surface area contributed by atoms with E-state index in [0.29, 0.717) is 35.7 Å². The zero-order valence-corrected chi connectivity index (χ0v) is 16.3. The quantitative estimate of drug-likeness (QED) is 0.708. The van der Waals surface area contributed by atoms with Gasteiger partial charge in [0.15, 0.2) is 0 Å². The number of hydrogen-bond donors (Lipinski definition) is 1. The lowest BCUT2D eigenvalue weighted by atomic mass is 10.0. The molecule has 0 saturated heterocycles. The second kappa shape index (κ2) is 8.61. The third kappa shape index (κ3) is 3.86. The molecule has 1 N–H and O–H groups in total. The van der Waals surface area contributed by atoms with E-state index in [1.54, 1.807) is 50.4 Å². The molecule has 2 aromatic carbocycles. The lowest BCUT2D eigenvalue weighted by Crippen LogP contribution is -2.32. The average molecular weight is 380 g/mol. The zero-order chi connectivity index (χ0) is 20.1. The minimum absolute atomic E-state index is 0.277. The van der Waals surface area contributed by atoms with Crippen LogP contribution in [0.2, 0.25) is 0 Å². The van der Waals surface area contributed by atoms with E-state index < -0.39 is 0 Å². The summed E-state index contributed by atoms with van der Waals surface area (Å²) in [5, 5.41) is 3.11. The van der Waals surface area contributed by atoms with Crippen LogP contribution in [0, 0.1) is 0 Å². The number of benzene rings is 2. The standard InChI is InChI=1S/C22H24N2O4/c1-4-14-28-18-10-6-15(7-11-18)19-20(22(26)24(5-2)21(19)25)23-16-8-12-17(27-3)13-9-16/h6-13,23H,4-5,14H2,1-3H3. The number of anilines is 1. The highest BCUT2D eigenvalue weighted by atomic mass is 16.5. The van der Waals surface area contributed by atoms with Crippen LogP contribution in [-0.2, 0) is 9.59 Å². The molecule has 2 amide bonds. The summed E-state index contributed by atoms with van der Waals surface area (Å²) >= 11 is 0. The minimum atomic E-state index is -0.329. The van der Waals surface area contributed by atoms with Gasteiger partial charge in [-0.3, -0.25) is 14.5 Å². The molecule has 0 spiro atoms. The van der Waals surface area contributed by atoms with Crippen molar-refractivity contribution in [2.75, 3.05) is 25.6 Å². The van der Waals surface area contributed by atoms with Crippen LogP contribution < -0.4 is 14.8 Å². The largest absolute Gasteiger partial charge is 0.497 e. The van der Waals surface area contributed by atoms with Gasteiger partial charge in [-0.2, -0.15) is 0 Å². The highest BCUT2D eigenvalue weighted by molar-refractivity contribution is 6.36. The monoisotopic (exact) mass is 380 g/mol. The Morgan fingerprint density at radius 1 is 0.893 bits per heavy atom. The van der Waals surface area contributed by atoms with Crippen molar-refractivity contribution in [1.29, 1.82) is 0 Å². The maximum atomic E-state index is 12.9. The predicted octanol–water partition coefficient (Wildman–Crippen LogP) is 3.70. The first-order valence-electron chi connectivity index (χ1n) is 9.33. The smallest absolute Gasteiger partial charge is 0.278 e. The number of imide groups is 1. The third-order valence-electron chi connectivity index (χ3n) is 4.46. The van der Waals surface area contributed by atoms with Crippen molar-refractivity contribution >= 4 is 23.1 Å². The summed E-state index contributed by atoms with van der Waals surface area (Å²) < 4.78 is 10.8. The molecule has 6 nitrogen and oxygen atoms in total. The van der Waals surface area contributed by atoms with Crippen molar-refractivity contribution in [2.24, 2.45) is 0 Å². The van der Waals surface area contributed by atoms with Crippen molar-refractivity contribution in [2.45, 2.75) is 20.3 Å². The van der Waals surface area contributed by atoms with E-state index in [-0.39, 0.29) is 17.5 Å². The summed E-state index contributed by atoms with van der Waals surface area (Å²) in [6.45, 7) is 4.77. The first-order chi connectivity index (χ1) is 13.6. The molecule has 3 rings (SSSR count). The van der Waals surface area contributed by atoms with Gasteiger partial charge in [0.2, 0.25) is 0 Å². The second-order valence-corrected chi connectivity index (χ2v) is 6.33. The number of methoxy groups -OCH3 is 1. The number of carbonyl (C=O) groups excluding carboxylic acids is 2. The lowest BCUT2D eigenvalue weighted by molar-refractivity contribution is -0.136. The molecule has 0 atom stereocenters. The number of hydrogen-bond acceptors (Lipinski definition) is 5. The van der Waals surface area contributed by atoms with Crippen LogP contribution in [0.15, 0.2) is 54.2 Å². The van der Waals surface area contributed by atoms with E-state index in [4.69, 9.17) is 9.47 Å². The number of nitrogens with zero attached hydrogens (tertiary/aromatic N) is 1. The molecule has 1 aliphatic heterocycles. The van der Waals surface area contributed by atoms with Crippen LogP contribution in [-0.4, -0.2) is 37.0 Å². The van der Waals surface area contributed by atoms with Gasteiger partial charge in [0.1, 0.15) is 17.2 Å². The Morgan fingerprint density at radius 3 is 2.11 bits per heavy atom. The van der Waals surface area contributed by atoms with Gasteiger partial charge in [0, 0.05) is 12.2 Å².